The predicted molar refractivity (Wildman–Crippen MR) is 91.8 cm³/mol. The molecule has 0 bridgehead atoms. The van der Waals surface area contributed by atoms with Crippen LogP contribution in [0.15, 0.2) is 58.1 Å². The zero-order valence-corrected chi connectivity index (χ0v) is 14.0. The van der Waals surface area contributed by atoms with Gasteiger partial charge in [-0.3, -0.25) is 5.01 Å². The van der Waals surface area contributed by atoms with Crippen LogP contribution in [0.25, 0.3) is 0 Å². The van der Waals surface area contributed by atoms with Gasteiger partial charge in [0.05, 0.1) is 11.8 Å². The third-order valence-corrected chi connectivity index (χ3v) is 4.39. The van der Waals surface area contributed by atoms with Crippen molar-refractivity contribution in [3.8, 4) is 6.07 Å². The Morgan fingerprint density at radius 3 is 2.45 bits per heavy atom. The summed E-state index contributed by atoms with van der Waals surface area (Å²) in [6.07, 6.45) is 0.830. The fourth-order valence-corrected chi connectivity index (χ4v) is 2.86. The van der Waals surface area contributed by atoms with Crippen molar-refractivity contribution in [3.05, 3.63) is 69.2 Å². The van der Waals surface area contributed by atoms with Crippen molar-refractivity contribution in [1.29, 1.82) is 5.26 Å². The number of benzene rings is 2. The van der Waals surface area contributed by atoms with Crippen LogP contribution in [0.3, 0.4) is 0 Å². The van der Waals surface area contributed by atoms with Crippen LogP contribution in [0.4, 0.5) is 0 Å². The number of nitrogens with zero attached hydrogens (tertiary/aromatic N) is 3. The topological polar surface area (TPSA) is 39.4 Å². The van der Waals surface area contributed by atoms with Gasteiger partial charge in [-0.15, -0.1) is 0 Å². The van der Waals surface area contributed by atoms with Crippen molar-refractivity contribution >= 4 is 33.2 Å². The van der Waals surface area contributed by atoms with Crippen LogP contribution in [-0.4, -0.2) is 17.3 Å². The van der Waals surface area contributed by atoms with Crippen LogP contribution in [0.5, 0.6) is 0 Å². The molecule has 2 aromatic rings. The highest BCUT2D eigenvalue weighted by Gasteiger charge is 2.24. The number of nitriles is 1. The molecule has 110 valence electrons. The highest BCUT2D eigenvalue weighted by Crippen LogP contribution is 2.27. The fraction of sp³-hybridized carbons (Fsp3) is 0.176. The van der Waals surface area contributed by atoms with Gasteiger partial charge in [0.1, 0.15) is 0 Å². The molecule has 1 atom stereocenters. The van der Waals surface area contributed by atoms with Crippen molar-refractivity contribution in [2.24, 2.45) is 5.10 Å². The normalized spacial score (nSPS) is 15.3. The van der Waals surface area contributed by atoms with E-state index in [4.69, 9.17) is 11.6 Å². The van der Waals surface area contributed by atoms with Gasteiger partial charge in [-0.1, -0.05) is 51.8 Å². The SMILES string of the molecule is N#C[C@@H](c1ccc(Br)cc1)N1CCC(c2ccc(Cl)cc2)=N1. The second-order valence-corrected chi connectivity index (χ2v) is 6.40. The average Bonchev–Trinajstić information content (AvgIpc) is 3.00. The van der Waals surface area contributed by atoms with Crippen molar-refractivity contribution in [2.75, 3.05) is 6.54 Å². The van der Waals surface area contributed by atoms with Crippen LogP contribution >= 0.6 is 27.5 Å². The van der Waals surface area contributed by atoms with E-state index in [9.17, 15) is 5.26 Å². The lowest BCUT2D eigenvalue weighted by Gasteiger charge is -2.20. The van der Waals surface area contributed by atoms with E-state index in [0.717, 1.165) is 34.3 Å². The number of hydrazone groups is 1. The molecular formula is C17H13BrClN3. The molecule has 0 aromatic heterocycles. The zero-order chi connectivity index (χ0) is 15.5. The molecule has 0 aliphatic carbocycles. The summed E-state index contributed by atoms with van der Waals surface area (Å²) in [4.78, 5) is 0. The summed E-state index contributed by atoms with van der Waals surface area (Å²) in [5, 5.41) is 16.7. The zero-order valence-electron chi connectivity index (χ0n) is 11.7. The lowest BCUT2D eigenvalue weighted by atomic mass is 10.1. The average molecular weight is 375 g/mol. The van der Waals surface area contributed by atoms with Crippen molar-refractivity contribution in [2.45, 2.75) is 12.5 Å². The molecule has 0 spiro atoms. The summed E-state index contributed by atoms with van der Waals surface area (Å²) < 4.78 is 1.000. The van der Waals surface area contributed by atoms with Crippen molar-refractivity contribution < 1.29 is 0 Å². The van der Waals surface area contributed by atoms with Gasteiger partial charge in [-0.2, -0.15) is 10.4 Å². The first kappa shape index (κ1) is 15.1. The maximum Gasteiger partial charge on any atom is 0.158 e. The summed E-state index contributed by atoms with van der Waals surface area (Å²) in [5.74, 6) is 0. The standard InChI is InChI=1S/C17H13BrClN3/c18-14-5-1-13(2-6-14)17(11-20)22-10-9-16(21-22)12-3-7-15(19)8-4-12/h1-8,17H,9-10H2/t17-/m0/s1. The van der Waals surface area contributed by atoms with Crippen molar-refractivity contribution in [1.82, 2.24) is 5.01 Å². The highest BCUT2D eigenvalue weighted by atomic mass is 79.9. The molecule has 5 heteroatoms. The third kappa shape index (κ3) is 3.16. The molecule has 2 aromatic carbocycles. The number of hydrogen-bond donors (Lipinski definition) is 0. The second kappa shape index (κ2) is 6.51. The first-order valence-corrected chi connectivity index (χ1v) is 8.09. The van der Waals surface area contributed by atoms with Crippen LogP contribution in [-0.2, 0) is 0 Å². The van der Waals surface area contributed by atoms with Gasteiger partial charge in [0.15, 0.2) is 6.04 Å². The second-order valence-electron chi connectivity index (χ2n) is 5.05. The summed E-state index contributed by atoms with van der Waals surface area (Å²) >= 11 is 9.33. The number of hydrogen-bond acceptors (Lipinski definition) is 3. The Kier molecular flexibility index (Phi) is 4.47. The molecule has 0 fully saturated rings. The van der Waals surface area contributed by atoms with E-state index in [2.05, 4.69) is 27.1 Å². The van der Waals surface area contributed by atoms with Gasteiger partial charge in [-0.25, -0.2) is 0 Å². The van der Waals surface area contributed by atoms with Gasteiger partial charge in [0.25, 0.3) is 0 Å². The monoisotopic (exact) mass is 373 g/mol. The summed E-state index contributed by atoms with van der Waals surface area (Å²) in [6.45, 7) is 0.742. The van der Waals surface area contributed by atoms with Crippen LogP contribution in [0.2, 0.25) is 5.02 Å². The predicted octanol–water partition coefficient (Wildman–Crippen LogP) is 4.78. The van der Waals surface area contributed by atoms with E-state index in [-0.39, 0.29) is 6.04 Å². The Morgan fingerprint density at radius 2 is 1.82 bits per heavy atom. The maximum atomic E-state index is 9.51. The van der Waals surface area contributed by atoms with Gasteiger partial charge in [0.2, 0.25) is 0 Å². The lowest BCUT2D eigenvalue weighted by molar-refractivity contribution is 0.275. The van der Waals surface area contributed by atoms with E-state index in [1.807, 2.05) is 53.5 Å². The molecule has 0 radical (unpaired) electrons. The molecule has 22 heavy (non-hydrogen) atoms. The number of rotatable bonds is 3. The molecule has 0 amide bonds. The Labute approximate surface area is 142 Å². The molecule has 0 N–H and O–H groups in total. The van der Waals surface area contributed by atoms with Crippen LogP contribution in [0, 0.1) is 11.3 Å². The molecule has 3 rings (SSSR count). The fourth-order valence-electron chi connectivity index (χ4n) is 2.47. The molecule has 3 nitrogen and oxygen atoms in total. The third-order valence-electron chi connectivity index (χ3n) is 3.61. The molecule has 0 saturated heterocycles. The molecule has 0 saturated carbocycles. The van der Waals surface area contributed by atoms with Gasteiger partial charge < -0.3 is 0 Å². The van der Waals surface area contributed by atoms with E-state index in [1.54, 1.807) is 0 Å². The van der Waals surface area contributed by atoms with E-state index in [1.165, 1.54) is 0 Å². The summed E-state index contributed by atoms with van der Waals surface area (Å²) in [5.41, 5.74) is 3.00. The Morgan fingerprint density at radius 1 is 1.14 bits per heavy atom. The highest BCUT2D eigenvalue weighted by molar-refractivity contribution is 9.10. The largest absolute Gasteiger partial charge is 0.275 e. The van der Waals surface area contributed by atoms with Crippen LogP contribution in [0.1, 0.15) is 23.6 Å². The van der Waals surface area contributed by atoms with E-state index >= 15 is 0 Å². The molecule has 0 unspecified atom stereocenters. The van der Waals surface area contributed by atoms with Gasteiger partial charge >= 0.3 is 0 Å². The summed E-state index contributed by atoms with van der Waals surface area (Å²) in [6, 6.07) is 17.4. The Bertz CT molecular complexity index is 732. The van der Waals surface area contributed by atoms with Crippen LogP contribution < -0.4 is 0 Å². The van der Waals surface area contributed by atoms with E-state index in [0.29, 0.717) is 5.02 Å². The molecule has 1 heterocycles. The number of halogens is 2. The Hall–Kier alpha value is -1.83. The van der Waals surface area contributed by atoms with Gasteiger partial charge in [-0.05, 0) is 35.4 Å². The van der Waals surface area contributed by atoms with Gasteiger partial charge in [0, 0.05) is 22.5 Å². The first-order valence-electron chi connectivity index (χ1n) is 6.92. The molecular weight excluding hydrogens is 362 g/mol. The summed E-state index contributed by atoms with van der Waals surface area (Å²) in [7, 11) is 0. The quantitative estimate of drug-likeness (QED) is 0.776. The smallest absolute Gasteiger partial charge is 0.158 e. The van der Waals surface area contributed by atoms with E-state index < -0.39 is 0 Å². The minimum absolute atomic E-state index is 0.363. The van der Waals surface area contributed by atoms with Crippen molar-refractivity contribution in [3.63, 3.8) is 0 Å². The lowest BCUT2D eigenvalue weighted by Crippen LogP contribution is -2.20. The maximum absolute atomic E-state index is 9.51. The molecule has 1 aliphatic rings. The first-order chi connectivity index (χ1) is 10.7. The minimum atomic E-state index is -0.363. The minimum Gasteiger partial charge on any atom is -0.275 e. The molecule has 1 aliphatic heterocycles. The Balaban J connectivity index is 1.84.